The van der Waals surface area contributed by atoms with Gasteiger partial charge in [0, 0.05) is 25.7 Å². The van der Waals surface area contributed by atoms with Crippen LogP contribution in [0.2, 0.25) is 0 Å². The summed E-state index contributed by atoms with van der Waals surface area (Å²) >= 11 is 0. The summed E-state index contributed by atoms with van der Waals surface area (Å²) < 4.78 is 33.3. The molecular formula is C25H53NO14. The predicted octanol–water partition coefficient (Wildman–Crippen LogP) is -4.02. The molecule has 7 atom stereocenters. The zero-order valence-electron chi connectivity index (χ0n) is 23.4. The Balaban J connectivity index is 4.49. The molecule has 0 aliphatic heterocycles. The van der Waals surface area contributed by atoms with Crippen LogP contribution in [0.3, 0.4) is 0 Å². The van der Waals surface area contributed by atoms with Crippen LogP contribution in [0, 0.1) is 5.92 Å². The lowest BCUT2D eigenvalue weighted by atomic mass is 10.2. The fourth-order valence-corrected chi connectivity index (χ4v) is 3.15. The van der Waals surface area contributed by atoms with Gasteiger partial charge in [-0.3, -0.25) is 0 Å². The van der Waals surface area contributed by atoms with E-state index in [0.29, 0.717) is 6.42 Å². The summed E-state index contributed by atoms with van der Waals surface area (Å²) in [5.74, 6) is -0.245. The molecule has 15 nitrogen and oxygen atoms in total. The van der Waals surface area contributed by atoms with Crippen LogP contribution in [-0.4, -0.2) is 177 Å². The van der Waals surface area contributed by atoms with Crippen LogP contribution in [-0.2, 0) is 28.4 Å². The van der Waals surface area contributed by atoms with Gasteiger partial charge in [-0.1, -0.05) is 0 Å². The number of ether oxygens (including phenoxy) is 6. The highest BCUT2D eigenvalue weighted by Gasteiger charge is 2.16. The number of hydrogen-bond donors (Lipinski definition) is 9. The Kier molecular flexibility index (Phi) is 26.8. The lowest BCUT2D eigenvalue weighted by Crippen LogP contribution is -2.36. The molecule has 0 saturated heterocycles. The molecule has 15 heteroatoms. The fraction of sp³-hybridized carbons (Fsp3) is 1.00. The second-order valence-electron chi connectivity index (χ2n) is 9.60. The molecule has 0 amide bonds. The monoisotopic (exact) mass is 591 g/mol. The van der Waals surface area contributed by atoms with E-state index >= 15 is 0 Å². The second kappa shape index (κ2) is 27.2. The SMILES string of the molecule is NC(COCC(COCC(O)CO)COCC(O)CCO)COCC(COCC(O)CO)OCCC(O)CCO. The average Bonchev–Trinajstić information content (AvgIpc) is 2.92. The second-order valence-corrected chi connectivity index (χ2v) is 9.60. The van der Waals surface area contributed by atoms with E-state index in [1.807, 2.05) is 0 Å². The molecule has 10 N–H and O–H groups in total. The largest absolute Gasteiger partial charge is 0.396 e. The molecule has 0 aromatic heterocycles. The predicted molar refractivity (Wildman–Crippen MR) is 142 cm³/mol. The van der Waals surface area contributed by atoms with Crippen LogP contribution in [0.25, 0.3) is 0 Å². The topological polar surface area (TPSA) is 243 Å². The van der Waals surface area contributed by atoms with Gasteiger partial charge in [0.2, 0.25) is 0 Å². The number of aliphatic hydroxyl groups is 8. The van der Waals surface area contributed by atoms with Crippen LogP contribution in [0.15, 0.2) is 0 Å². The van der Waals surface area contributed by atoms with Gasteiger partial charge in [0.25, 0.3) is 0 Å². The zero-order chi connectivity index (χ0) is 30.0. The minimum absolute atomic E-state index is 0.0377. The van der Waals surface area contributed by atoms with E-state index < -0.39 is 49.8 Å². The Hall–Kier alpha value is -0.600. The van der Waals surface area contributed by atoms with Crippen LogP contribution < -0.4 is 5.73 Å². The first-order chi connectivity index (χ1) is 19.2. The average molecular weight is 592 g/mol. The van der Waals surface area contributed by atoms with Crippen molar-refractivity contribution < 1.29 is 69.3 Å². The summed E-state index contributed by atoms with van der Waals surface area (Å²) in [5, 5.41) is 73.9. The molecule has 0 heterocycles. The van der Waals surface area contributed by atoms with E-state index in [0.717, 1.165) is 0 Å². The van der Waals surface area contributed by atoms with Gasteiger partial charge in [-0.15, -0.1) is 0 Å². The molecule has 0 spiro atoms. The highest BCUT2D eigenvalue weighted by atomic mass is 16.6. The molecule has 0 bridgehead atoms. The Morgan fingerprint density at radius 2 is 0.900 bits per heavy atom. The Morgan fingerprint density at radius 1 is 0.475 bits per heavy atom. The van der Waals surface area contributed by atoms with Gasteiger partial charge in [-0.05, 0) is 19.3 Å². The summed E-state index contributed by atoms with van der Waals surface area (Å²) in [7, 11) is 0. The smallest absolute Gasteiger partial charge is 0.104 e. The van der Waals surface area contributed by atoms with Crippen molar-refractivity contribution in [3.05, 3.63) is 0 Å². The minimum Gasteiger partial charge on any atom is -0.396 e. The Morgan fingerprint density at radius 3 is 1.40 bits per heavy atom. The molecule has 0 fully saturated rings. The van der Waals surface area contributed by atoms with Gasteiger partial charge in [-0.25, -0.2) is 0 Å². The first-order valence-electron chi connectivity index (χ1n) is 13.7. The molecule has 0 aliphatic carbocycles. The molecular weight excluding hydrogens is 538 g/mol. The van der Waals surface area contributed by atoms with Crippen LogP contribution in [0.4, 0.5) is 0 Å². The maximum atomic E-state index is 9.74. The summed E-state index contributed by atoms with van der Waals surface area (Å²) in [6.07, 6.45) is -3.26. The summed E-state index contributed by atoms with van der Waals surface area (Å²) in [6.45, 7) is 0.0455. The zero-order valence-corrected chi connectivity index (χ0v) is 23.4. The number of hydrogen-bond acceptors (Lipinski definition) is 15. The standard InChI is InChI=1S/C25H53NO14/c26-20(12-35-9-19(11-37-15-23(33)7-29)10-36-14-22(32)2-5-28)13-38-17-25(18-39-16-24(34)8-30)40-6-3-21(31)1-4-27/h19-25,27-34H,1-18,26H2. The highest BCUT2D eigenvalue weighted by molar-refractivity contribution is 4.65. The minimum atomic E-state index is -1.01. The van der Waals surface area contributed by atoms with Crippen molar-refractivity contribution in [2.24, 2.45) is 11.7 Å². The number of nitrogens with two attached hydrogens (primary N) is 1. The quantitative estimate of drug-likeness (QED) is 0.0386. The van der Waals surface area contributed by atoms with E-state index in [9.17, 15) is 20.4 Å². The maximum Gasteiger partial charge on any atom is 0.104 e. The first-order valence-corrected chi connectivity index (χ1v) is 13.7. The van der Waals surface area contributed by atoms with Crippen molar-refractivity contribution in [3.8, 4) is 0 Å². The first kappa shape index (κ1) is 39.4. The van der Waals surface area contributed by atoms with Crippen molar-refractivity contribution in [1.82, 2.24) is 0 Å². The van der Waals surface area contributed by atoms with Crippen molar-refractivity contribution in [1.29, 1.82) is 0 Å². The van der Waals surface area contributed by atoms with Crippen LogP contribution in [0.5, 0.6) is 0 Å². The molecule has 242 valence electrons. The lowest BCUT2D eigenvalue weighted by molar-refractivity contribution is -0.0843. The van der Waals surface area contributed by atoms with Gasteiger partial charge < -0.3 is 75.0 Å². The third-order valence-corrected chi connectivity index (χ3v) is 5.41. The maximum absolute atomic E-state index is 9.74. The molecule has 0 aromatic rings. The summed E-state index contributed by atoms with van der Waals surface area (Å²) in [4.78, 5) is 0. The molecule has 7 unspecified atom stereocenters. The number of rotatable bonds is 30. The van der Waals surface area contributed by atoms with Crippen molar-refractivity contribution in [2.45, 2.75) is 55.8 Å². The lowest BCUT2D eigenvalue weighted by Gasteiger charge is -2.22. The highest BCUT2D eigenvalue weighted by Crippen LogP contribution is 2.05. The third-order valence-electron chi connectivity index (χ3n) is 5.41. The molecule has 0 aromatic carbocycles. The van der Waals surface area contributed by atoms with E-state index in [1.165, 1.54) is 0 Å². The molecule has 0 radical (unpaired) electrons. The van der Waals surface area contributed by atoms with Gasteiger partial charge in [0.1, 0.15) is 18.3 Å². The fourth-order valence-electron chi connectivity index (χ4n) is 3.15. The number of aliphatic hydroxyl groups excluding tert-OH is 8. The van der Waals surface area contributed by atoms with Crippen molar-refractivity contribution in [2.75, 3.05) is 99.1 Å². The van der Waals surface area contributed by atoms with E-state index in [2.05, 4.69) is 0 Å². The van der Waals surface area contributed by atoms with Gasteiger partial charge in [0.15, 0.2) is 0 Å². The van der Waals surface area contributed by atoms with E-state index in [1.54, 1.807) is 0 Å². The summed E-state index contributed by atoms with van der Waals surface area (Å²) in [6, 6.07) is -0.478. The van der Waals surface area contributed by atoms with Crippen LogP contribution >= 0.6 is 0 Å². The molecule has 0 rings (SSSR count). The van der Waals surface area contributed by atoms with Crippen molar-refractivity contribution in [3.63, 3.8) is 0 Å². The van der Waals surface area contributed by atoms with E-state index in [4.69, 9.17) is 54.6 Å². The van der Waals surface area contributed by atoms with Gasteiger partial charge in [-0.2, -0.15) is 0 Å². The molecule has 40 heavy (non-hydrogen) atoms. The molecule has 0 aliphatic rings. The molecule has 0 saturated carbocycles. The Bertz CT molecular complexity index is 494. The van der Waals surface area contributed by atoms with Crippen molar-refractivity contribution >= 4 is 0 Å². The third kappa shape index (κ3) is 24.0. The summed E-state index contributed by atoms with van der Waals surface area (Å²) in [5.41, 5.74) is 6.09. The van der Waals surface area contributed by atoms with Gasteiger partial charge in [0.05, 0.1) is 97.5 Å². The van der Waals surface area contributed by atoms with Gasteiger partial charge >= 0.3 is 0 Å². The normalized spacial score (nSPS) is 17.3. The van der Waals surface area contributed by atoms with E-state index in [-0.39, 0.29) is 105 Å². The van der Waals surface area contributed by atoms with Crippen LogP contribution in [0.1, 0.15) is 19.3 Å². The Labute approximate surface area is 236 Å².